The highest BCUT2D eigenvalue weighted by Gasteiger charge is 2.22. The predicted molar refractivity (Wildman–Crippen MR) is 324 cm³/mol. The van der Waals surface area contributed by atoms with Crippen molar-refractivity contribution >= 4 is 17.9 Å². The van der Waals surface area contributed by atoms with Gasteiger partial charge in [-0.25, -0.2) is 0 Å². The third kappa shape index (κ3) is 59.5. The Bertz CT molecular complexity index is 1630. The first kappa shape index (κ1) is 73.0. The number of rotatable bonds is 56. The molecule has 0 aromatic heterocycles. The molecule has 0 rings (SSSR count). The lowest BCUT2D eigenvalue weighted by molar-refractivity contribution is -0.870. The molecule has 440 valence electrons. The van der Waals surface area contributed by atoms with Gasteiger partial charge in [0.25, 0.3) is 0 Å². The molecule has 0 heterocycles. The van der Waals surface area contributed by atoms with E-state index in [1.165, 1.54) is 109 Å². The lowest BCUT2D eigenvalue weighted by atomic mass is 10.0. The van der Waals surface area contributed by atoms with Crippen molar-refractivity contribution in [3.8, 4) is 0 Å². The molecule has 0 aromatic rings. The Balaban J connectivity index is 4.22. The molecular weight excluding hydrogens is 959 g/mol. The second-order valence-corrected chi connectivity index (χ2v) is 21.6. The van der Waals surface area contributed by atoms with Crippen molar-refractivity contribution in [2.75, 3.05) is 47.5 Å². The van der Waals surface area contributed by atoms with Crippen LogP contribution in [0.4, 0.5) is 0 Å². The van der Waals surface area contributed by atoms with E-state index in [-0.39, 0.29) is 38.6 Å². The van der Waals surface area contributed by atoms with Crippen molar-refractivity contribution in [3.05, 3.63) is 109 Å². The zero-order chi connectivity index (χ0) is 56.2. The number of aliphatic carboxylic acids is 1. The summed E-state index contributed by atoms with van der Waals surface area (Å²) in [6, 6.07) is 0. The molecule has 0 aromatic carbocycles. The monoisotopic (exact) mass is 1070 g/mol. The zero-order valence-electron chi connectivity index (χ0n) is 50.0. The number of unbranched alkanes of at least 4 members (excludes halogenated alkanes) is 23. The molecule has 0 radical (unpaired) electrons. The first-order valence-electron chi connectivity index (χ1n) is 31.0. The number of hydrogen-bond acceptors (Lipinski definition) is 8. The number of likely N-dealkylation sites (N-methyl/N-ethyl adjacent to an activating group) is 1. The van der Waals surface area contributed by atoms with Crippen LogP contribution in [0, 0.1) is 0 Å². The van der Waals surface area contributed by atoms with Gasteiger partial charge in [-0.15, -0.1) is 0 Å². The summed E-state index contributed by atoms with van der Waals surface area (Å²) < 4.78 is 22.7. The van der Waals surface area contributed by atoms with E-state index in [4.69, 9.17) is 18.9 Å². The second-order valence-electron chi connectivity index (χ2n) is 21.6. The van der Waals surface area contributed by atoms with Crippen LogP contribution in [0.25, 0.3) is 0 Å². The Labute approximate surface area is 473 Å². The van der Waals surface area contributed by atoms with Crippen LogP contribution in [0.1, 0.15) is 245 Å². The Kier molecular flexibility index (Phi) is 55.1. The molecule has 77 heavy (non-hydrogen) atoms. The Morgan fingerprint density at radius 1 is 0.390 bits per heavy atom. The van der Waals surface area contributed by atoms with Crippen molar-refractivity contribution in [2.45, 2.75) is 257 Å². The molecular formula is C68H115NO8. The van der Waals surface area contributed by atoms with E-state index in [0.717, 1.165) is 103 Å². The molecule has 0 aliphatic rings. The topological polar surface area (TPSA) is 111 Å². The van der Waals surface area contributed by atoms with Gasteiger partial charge >= 0.3 is 11.9 Å². The quantitative estimate of drug-likeness (QED) is 0.0195. The third-order valence-electron chi connectivity index (χ3n) is 13.0. The number of carboxylic acid groups (broad SMARTS) is 1. The highest BCUT2D eigenvalue weighted by molar-refractivity contribution is 5.70. The van der Waals surface area contributed by atoms with Crippen LogP contribution in [0.2, 0.25) is 0 Å². The van der Waals surface area contributed by atoms with E-state index in [1.807, 2.05) is 21.1 Å². The molecule has 0 saturated heterocycles. The number of nitrogens with zero attached hydrogens (tertiary/aromatic N) is 1. The molecule has 0 bridgehead atoms. The molecule has 9 nitrogen and oxygen atoms in total. The predicted octanol–water partition coefficient (Wildman–Crippen LogP) is 17.3. The largest absolute Gasteiger partial charge is 0.545 e. The van der Waals surface area contributed by atoms with E-state index >= 15 is 0 Å². The summed E-state index contributed by atoms with van der Waals surface area (Å²) in [7, 11) is 5.92. The van der Waals surface area contributed by atoms with Gasteiger partial charge in [0.15, 0.2) is 12.4 Å². The minimum Gasteiger partial charge on any atom is -0.545 e. The minimum atomic E-state index is -1.63. The van der Waals surface area contributed by atoms with Gasteiger partial charge in [0, 0.05) is 12.8 Å². The van der Waals surface area contributed by atoms with Crippen LogP contribution in [-0.2, 0) is 33.3 Å². The average Bonchev–Trinajstić information content (AvgIpc) is 3.40. The Morgan fingerprint density at radius 3 is 1.04 bits per heavy atom. The molecule has 0 saturated carbocycles. The number of esters is 2. The number of quaternary nitrogens is 1. The molecule has 0 aliphatic carbocycles. The number of ether oxygens (including phenoxy) is 4. The van der Waals surface area contributed by atoms with Crippen LogP contribution in [0.3, 0.4) is 0 Å². The van der Waals surface area contributed by atoms with Crippen molar-refractivity contribution in [1.29, 1.82) is 0 Å². The minimum absolute atomic E-state index is 0.142. The van der Waals surface area contributed by atoms with Crippen LogP contribution in [-0.4, -0.2) is 82.3 Å². The van der Waals surface area contributed by atoms with E-state index in [9.17, 15) is 19.5 Å². The van der Waals surface area contributed by atoms with Gasteiger partial charge in [0.1, 0.15) is 13.2 Å². The van der Waals surface area contributed by atoms with Gasteiger partial charge in [-0.3, -0.25) is 9.59 Å². The molecule has 2 unspecified atom stereocenters. The third-order valence-corrected chi connectivity index (χ3v) is 13.0. The van der Waals surface area contributed by atoms with E-state index < -0.39 is 24.3 Å². The summed E-state index contributed by atoms with van der Waals surface area (Å²) in [5.41, 5.74) is 0. The molecule has 0 amide bonds. The summed E-state index contributed by atoms with van der Waals surface area (Å²) in [5.74, 6) is -2.29. The fourth-order valence-corrected chi connectivity index (χ4v) is 8.32. The van der Waals surface area contributed by atoms with Crippen molar-refractivity contribution in [2.24, 2.45) is 0 Å². The van der Waals surface area contributed by atoms with Crippen molar-refractivity contribution in [3.63, 3.8) is 0 Å². The summed E-state index contributed by atoms with van der Waals surface area (Å²) >= 11 is 0. The number of hydrogen-bond donors (Lipinski definition) is 0. The van der Waals surface area contributed by atoms with Gasteiger partial charge < -0.3 is 33.3 Å². The second kappa shape index (κ2) is 58.1. The molecule has 0 spiro atoms. The smallest absolute Gasteiger partial charge is 0.306 e. The Morgan fingerprint density at radius 2 is 0.701 bits per heavy atom. The summed E-state index contributed by atoms with van der Waals surface area (Å²) in [4.78, 5) is 37.4. The van der Waals surface area contributed by atoms with Crippen LogP contribution < -0.4 is 5.11 Å². The van der Waals surface area contributed by atoms with Crippen molar-refractivity contribution < 1.29 is 42.9 Å². The number of carboxylic acids is 1. The number of carbonyl (C=O) groups is 3. The lowest BCUT2D eigenvalue weighted by Crippen LogP contribution is -2.44. The summed E-state index contributed by atoms with van der Waals surface area (Å²) in [6.45, 7) is 4.52. The maximum atomic E-state index is 12.9. The van der Waals surface area contributed by atoms with Gasteiger partial charge in [0.05, 0.1) is 40.3 Å². The first-order chi connectivity index (χ1) is 37.6. The van der Waals surface area contributed by atoms with Gasteiger partial charge in [-0.2, -0.15) is 0 Å². The molecule has 9 heteroatoms. The van der Waals surface area contributed by atoms with Gasteiger partial charge in [-0.05, 0) is 96.3 Å². The maximum Gasteiger partial charge on any atom is 0.306 e. The van der Waals surface area contributed by atoms with Crippen molar-refractivity contribution in [1.82, 2.24) is 0 Å². The normalized spacial score (nSPS) is 13.5. The molecule has 0 fully saturated rings. The van der Waals surface area contributed by atoms with Crippen LogP contribution in [0.5, 0.6) is 0 Å². The molecule has 0 aliphatic heterocycles. The van der Waals surface area contributed by atoms with E-state index in [2.05, 4.69) is 123 Å². The zero-order valence-corrected chi connectivity index (χ0v) is 50.0. The van der Waals surface area contributed by atoms with Gasteiger partial charge in [0.2, 0.25) is 0 Å². The Hall–Kier alpha value is -4.05. The van der Waals surface area contributed by atoms with Crippen LogP contribution in [0.15, 0.2) is 109 Å². The summed E-state index contributed by atoms with van der Waals surface area (Å²) in [6.07, 6.45) is 77.1. The van der Waals surface area contributed by atoms with E-state index in [1.54, 1.807) is 0 Å². The highest BCUT2D eigenvalue weighted by atomic mass is 16.7. The standard InChI is InChI=1S/C68H115NO8/c1-6-8-10-12-14-16-18-20-22-24-26-28-30-32-33-35-37-39-41-43-45-47-49-51-53-55-57-59-66(71)77-64(63-76-68(67(72)73)74-61-60-69(3,4)5)62-75-65(70)58-56-54-52-50-48-46-44-42-40-38-36-34-31-29-27-25-23-21-19-17-15-13-11-9-7-2/h8-11,14-17,20-23,26-29,32-33,64,68H,6-7,12-13,18-19,24-25,30-31,34-63H2,1-5H3/b10-8-,11-9-,16-14-,17-15-,22-20-,23-21-,28-26-,29-27-,33-32-. The fraction of sp³-hybridized carbons (Fsp3) is 0.691. The number of carbonyl (C=O) groups excluding carboxylic acids is 3. The SMILES string of the molecule is CC/C=C\C/C=C\C/C=C\C/C=C\C/C=C\CCCCCCCCCCCCCC(=O)OC(COC(=O)CCCCCCCCCCCCCC/C=C\C/C=C\C/C=C\C/C=C\CC)COC(OCC[N+](C)(C)C)C(=O)[O-]. The lowest BCUT2D eigenvalue weighted by Gasteiger charge is -2.26. The highest BCUT2D eigenvalue weighted by Crippen LogP contribution is 2.16. The fourth-order valence-electron chi connectivity index (χ4n) is 8.32. The van der Waals surface area contributed by atoms with Crippen LogP contribution >= 0.6 is 0 Å². The molecule has 2 atom stereocenters. The van der Waals surface area contributed by atoms with Gasteiger partial charge in [-0.1, -0.05) is 245 Å². The maximum absolute atomic E-state index is 12.9. The summed E-state index contributed by atoms with van der Waals surface area (Å²) in [5, 5.41) is 11.8. The van der Waals surface area contributed by atoms with E-state index in [0.29, 0.717) is 17.4 Å². The molecule has 0 N–H and O–H groups in total. The average molecular weight is 1070 g/mol. The first-order valence-corrected chi connectivity index (χ1v) is 31.0. The number of allylic oxidation sites excluding steroid dienone is 18.